The molecular formula is C27H32F3N7O3. The second-order valence-corrected chi connectivity index (χ2v) is 10.8. The number of likely N-dealkylation sites (tertiary alicyclic amines) is 1. The van der Waals surface area contributed by atoms with Crippen LogP contribution in [0.1, 0.15) is 51.0 Å². The number of hydrogen-bond donors (Lipinski definition) is 3. The third kappa shape index (κ3) is 5.19. The van der Waals surface area contributed by atoms with Gasteiger partial charge >= 0.3 is 0 Å². The molecule has 2 aromatic heterocycles. The molecule has 3 fully saturated rings. The molecule has 2 saturated heterocycles. The quantitative estimate of drug-likeness (QED) is 0.399. The molecule has 3 aliphatic rings. The summed E-state index contributed by atoms with van der Waals surface area (Å²) in [6.07, 6.45) is 7.05. The number of hydrogen-bond acceptors (Lipinski definition) is 8. The van der Waals surface area contributed by atoms with Crippen molar-refractivity contribution in [3.8, 4) is 0 Å². The first-order valence-electron chi connectivity index (χ1n) is 13.8. The maximum absolute atomic E-state index is 14.4. The molecule has 0 bridgehead atoms. The lowest BCUT2D eigenvalue weighted by Crippen LogP contribution is -2.43. The first-order chi connectivity index (χ1) is 19.4. The normalized spacial score (nSPS) is 25.1. The standard InChI is InChI=1S/C27H32F3N7O3/c28-16-10-20(29)23(21(30)11-16)34-27-33-22-12-31-26(35-24(22)37(27)19-7-9-40-14-19)32-17-5-3-15(4-6-17)25(39)36-8-1-2-18(36)13-38/h10-12,15,17-19,38H,1-9,13-14H2,(H,33,34)(H,31,32,35)/t15?,17?,18?,19-/m0/s1. The van der Waals surface area contributed by atoms with E-state index in [1.807, 2.05) is 4.90 Å². The highest BCUT2D eigenvalue weighted by Crippen LogP contribution is 2.33. The molecule has 4 heterocycles. The van der Waals surface area contributed by atoms with Gasteiger partial charge in [0.1, 0.15) is 17.0 Å². The number of carbonyl (C=O) groups is 1. The Balaban J connectivity index is 1.19. The van der Waals surface area contributed by atoms with E-state index in [0.717, 1.165) is 38.5 Å². The molecule has 3 aromatic rings. The summed E-state index contributed by atoms with van der Waals surface area (Å²) in [6.45, 7) is 1.63. The summed E-state index contributed by atoms with van der Waals surface area (Å²) in [5.41, 5.74) is 0.404. The number of rotatable bonds is 7. The van der Waals surface area contributed by atoms with Gasteiger partial charge in [-0.05, 0) is 44.9 Å². The average Bonchev–Trinajstić information content (AvgIpc) is 3.70. The Morgan fingerprint density at radius 3 is 2.55 bits per heavy atom. The third-order valence-corrected chi connectivity index (χ3v) is 8.23. The van der Waals surface area contributed by atoms with Crippen LogP contribution < -0.4 is 10.6 Å². The van der Waals surface area contributed by atoms with Gasteiger partial charge in [-0.25, -0.2) is 23.1 Å². The molecule has 13 heteroatoms. The minimum absolute atomic E-state index is 0.0109. The van der Waals surface area contributed by atoms with E-state index in [0.29, 0.717) is 55.4 Å². The van der Waals surface area contributed by atoms with Crippen molar-refractivity contribution >= 4 is 34.7 Å². The lowest BCUT2D eigenvalue weighted by atomic mass is 9.85. The Morgan fingerprint density at radius 2 is 1.85 bits per heavy atom. The van der Waals surface area contributed by atoms with Crippen molar-refractivity contribution in [2.45, 2.75) is 63.1 Å². The van der Waals surface area contributed by atoms with Crippen LogP contribution in [0.3, 0.4) is 0 Å². The molecule has 10 nitrogen and oxygen atoms in total. The molecule has 1 unspecified atom stereocenters. The third-order valence-electron chi connectivity index (χ3n) is 8.23. The van der Waals surface area contributed by atoms with Crippen molar-refractivity contribution in [1.29, 1.82) is 0 Å². The van der Waals surface area contributed by atoms with Crippen LogP contribution in [0.25, 0.3) is 11.2 Å². The summed E-state index contributed by atoms with van der Waals surface area (Å²) in [5, 5.41) is 15.7. The number of amides is 1. The first kappa shape index (κ1) is 26.8. The van der Waals surface area contributed by atoms with Crippen molar-refractivity contribution in [3.05, 3.63) is 35.8 Å². The molecule has 0 radical (unpaired) electrons. The van der Waals surface area contributed by atoms with Gasteiger partial charge < -0.3 is 25.4 Å². The van der Waals surface area contributed by atoms with Gasteiger partial charge in [0.25, 0.3) is 0 Å². The monoisotopic (exact) mass is 559 g/mol. The van der Waals surface area contributed by atoms with E-state index < -0.39 is 23.1 Å². The highest BCUT2D eigenvalue weighted by Gasteiger charge is 2.35. The molecule has 2 atom stereocenters. The fraction of sp³-hybridized carbons (Fsp3) is 0.556. The van der Waals surface area contributed by atoms with Crippen molar-refractivity contribution in [1.82, 2.24) is 24.4 Å². The Bertz CT molecular complexity index is 1370. The van der Waals surface area contributed by atoms with Gasteiger partial charge in [0.2, 0.25) is 17.8 Å². The van der Waals surface area contributed by atoms with Crippen molar-refractivity contribution in [3.63, 3.8) is 0 Å². The summed E-state index contributed by atoms with van der Waals surface area (Å²) in [7, 11) is 0. The van der Waals surface area contributed by atoms with Crippen molar-refractivity contribution < 1.29 is 27.8 Å². The second kappa shape index (κ2) is 11.2. The van der Waals surface area contributed by atoms with E-state index in [9.17, 15) is 23.1 Å². The van der Waals surface area contributed by atoms with Crippen LogP contribution in [-0.4, -0.2) is 73.9 Å². The average molecular weight is 560 g/mol. The number of nitrogens with zero attached hydrogens (tertiary/aromatic N) is 5. The van der Waals surface area contributed by atoms with Crippen LogP contribution in [0.4, 0.5) is 30.8 Å². The Morgan fingerprint density at radius 1 is 1.07 bits per heavy atom. The van der Waals surface area contributed by atoms with Crippen LogP contribution in [0, 0.1) is 23.4 Å². The van der Waals surface area contributed by atoms with Crippen LogP contribution in [0.2, 0.25) is 0 Å². The molecule has 1 amide bonds. The van der Waals surface area contributed by atoms with E-state index >= 15 is 0 Å². The second-order valence-electron chi connectivity index (χ2n) is 10.8. The van der Waals surface area contributed by atoms with E-state index in [1.165, 1.54) is 0 Å². The minimum atomic E-state index is -1.07. The molecule has 40 heavy (non-hydrogen) atoms. The first-order valence-corrected chi connectivity index (χ1v) is 13.8. The van der Waals surface area contributed by atoms with Crippen LogP contribution in [0.15, 0.2) is 18.3 Å². The number of ether oxygens (including phenoxy) is 1. The zero-order valence-corrected chi connectivity index (χ0v) is 22.0. The Kier molecular flexibility index (Phi) is 7.49. The minimum Gasteiger partial charge on any atom is -0.394 e. The van der Waals surface area contributed by atoms with E-state index in [2.05, 4.69) is 20.6 Å². The zero-order valence-electron chi connectivity index (χ0n) is 22.0. The topological polar surface area (TPSA) is 117 Å². The van der Waals surface area contributed by atoms with Gasteiger partial charge in [-0.2, -0.15) is 4.98 Å². The fourth-order valence-corrected chi connectivity index (χ4v) is 6.11. The summed E-state index contributed by atoms with van der Waals surface area (Å²) < 4.78 is 49.6. The maximum Gasteiger partial charge on any atom is 0.226 e. The highest BCUT2D eigenvalue weighted by molar-refractivity contribution is 5.80. The molecule has 2 aliphatic heterocycles. The van der Waals surface area contributed by atoms with E-state index in [-0.39, 0.29) is 42.5 Å². The van der Waals surface area contributed by atoms with Gasteiger partial charge in [0, 0.05) is 37.2 Å². The Labute approximate surface area is 228 Å². The van der Waals surface area contributed by atoms with Gasteiger partial charge in [0.05, 0.1) is 31.5 Å². The lowest BCUT2D eigenvalue weighted by molar-refractivity contribution is -0.138. The molecule has 6 rings (SSSR count). The zero-order chi connectivity index (χ0) is 27.8. The number of halogens is 3. The van der Waals surface area contributed by atoms with Crippen molar-refractivity contribution in [2.75, 3.05) is 37.0 Å². The number of aliphatic hydroxyl groups excluding tert-OH is 1. The Hall–Kier alpha value is -3.45. The molecule has 1 aromatic carbocycles. The molecule has 3 N–H and O–H groups in total. The number of anilines is 3. The predicted octanol–water partition coefficient (Wildman–Crippen LogP) is 3.90. The van der Waals surface area contributed by atoms with E-state index in [4.69, 9.17) is 9.72 Å². The van der Waals surface area contributed by atoms with Gasteiger partial charge in [0.15, 0.2) is 17.3 Å². The van der Waals surface area contributed by atoms with Crippen LogP contribution in [0.5, 0.6) is 0 Å². The van der Waals surface area contributed by atoms with Gasteiger partial charge in [-0.1, -0.05) is 0 Å². The van der Waals surface area contributed by atoms with Crippen molar-refractivity contribution in [2.24, 2.45) is 5.92 Å². The van der Waals surface area contributed by atoms with Crippen LogP contribution in [-0.2, 0) is 9.53 Å². The number of fused-ring (bicyclic) bond motifs is 1. The smallest absolute Gasteiger partial charge is 0.226 e. The number of benzene rings is 1. The number of aromatic nitrogens is 4. The molecule has 1 aliphatic carbocycles. The van der Waals surface area contributed by atoms with Gasteiger partial charge in [-0.3, -0.25) is 9.36 Å². The maximum atomic E-state index is 14.4. The molecular weight excluding hydrogens is 527 g/mol. The highest BCUT2D eigenvalue weighted by atomic mass is 19.1. The van der Waals surface area contributed by atoms with E-state index in [1.54, 1.807) is 10.8 Å². The summed E-state index contributed by atoms with van der Waals surface area (Å²) in [6, 6.07) is 1.07. The number of nitrogens with one attached hydrogen (secondary N) is 2. The number of aliphatic hydroxyl groups is 1. The number of imidazole rings is 1. The summed E-state index contributed by atoms with van der Waals surface area (Å²) in [4.78, 5) is 28.5. The molecule has 0 spiro atoms. The molecule has 214 valence electrons. The lowest BCUT2D eigenvalue weighted by Gasteiger charge is -2.32. The SMILES string of the molecule is O=C(C1CCC(Nc2ncc3nc(Nc4c(F)cc(F)cc4F)n([C@H]4CCOC4)c3n2)CC1)N1CCCC1CO. The predicted molar refractivity (Wildman–Crippen MR) is 141 cm³/mol. The van der Waals surface area contributed by atoms with Crippen LogP contribution >= 0.6 is 0 Å². The largest absolute Gasteiger partial charge is 0.394 e. The fourth-order valence-electron chi connectivity index (χ4n) is 6.11. The summed E-state index contributed by atoms with van der Waals surface area (Å²) >= 11 is 0. The molecule has 1 saturated carbocycles. The van der Waals surface area contributed by atoms with Gasteiger partial charge in [-0.15, -0.1) is 0 Å². The number of carbonyl (C=O) groups excluding carboxylic acids is 1. The summed E-state index contributed by atoms with van der Waals surface area (Å²) in [5.74, 6) is -2.50.